The number of rotatable bonds is 10. The van der Waals surface area contributed by atoms with E-state index in [2.05, 4.69) is 6.92 Å². The molecule has 4 nitrogen and oxygen atoms in total. The van der Waals surface area contributed by atoms with Crippen LogP contribution in [0.2, 0.25) is 0 Å². The summed E-state index contributed by atoms with van der Waals surface area (Å²) in [5.41, 5.74) is 0.668. The number of carbonyl (C=O) groups excluding carboxylic acids is 1. The van der Waals surface area contributed by atoms with Gasteiger partial charge in [0.25, 0.3) is 0 Å². The van der Waals surface area contributed by atoms with Crippen LogP contribution < -0.4 is 4.74 Å². The number of benzene rings is 1. The van der Waals surface area contributed by atoms with E-state index < -0.39 is 0 Å². The summed E-state index contributed by atoms with van der Waals surface area (Å²) < 4.78 is 16.7. The van der Waals surface area contributed by atoms with Crippen LogP contribution in [0.4, 0.5) is 0 Å². The maximum atomic E-state index is 12.6. The fourth-order valence-electron chi connectivity index (χ4n) is 2.86. The van der Waals surface area contributed by atoms with Crippen molar-refractivity contribution in [1.29, 1.82) is 0 Å². The van der Waals surface area contributed by atoms with Crippen LogP contribution in [0.25, 0.3) is 0 Å². The molecule has 0 N–H and O–H groups in total. The first-order valence-corrected chi connectivity index (χ1v) is 10.2. The molecule has 140 valence electrons. The molecule has 1 aliphatic rings. The maximum absolute atomic E-state index is 12.6. The molecule has 1 aliphatic heterocycles. The first kappa shape index (κ1) is 19.1. The summed E-state index contributed by atoms with van der Waals surface area (Å²) in [7, 11) is 0. The van der Waals surface area contributed by atoms with Crippen molar-refractivity contribution in [2.24, 2.45) is 0 Å². The minimum atomic E-state index is -0.324. The highest BCUT2D eigenvalue weighted by Crippen LogP contribution is 2.30. The number of unbranched alkanes of at least 4 members (excludes halogenated alkanes) is 4. The second-order valence-electron chi connectivity index (χ2n) is 6.39. The Morgan fingerprint density at radius 2 is 1.77 bits per heavy atom. The summed E-state index contributed by atoms with van der Waals surface area (Å²) in [5, 5.41) is 0. The van der Waals surface area contributed by atoms with Gasteiger partial charge >= 0.3 is 0 Å². The maximum Gasteiger partial charge on any atom is 0.202 e. The van der Waals surface area contributed by atoms with Gasteiger partial charge in [0.2, 0.25) is 5.78 Å². The van der Waals surface area contributed by atoms with Crippen molar-refractivity contribution in [2.45, 2.75) is 45.3 Å². The van der Waals surface area contributed by atoms with Gasteiger partial charge in [-0.2, -0.15) is 0 Å². The lowest BCUT2D eigenvalue weighted by molar-refractivity contribution is -0.0413. The van der Waals surface area contributed by atoms with Gasteiger partial charge in [-0.15, -0.1) is 11.3 Å². The van der Waals surface area contributed by atoms with E-state index in [-0.39, 0.29) is 12.1 Å². The molecule has 1 aromatic heterocycles. The third-order valence-electron chi connectivity index (χ3n) is 4.34. The van der Waals surface area contributed by atoms with Crippen molar-refractivity contribution in [2.75, 3.05) is 19.8 Å². The standard InChI is InChI=1S/C21H26O4S/c1-2-3-4-5-6-13-23-17-9-7-16(8-10-17)20(22)18-11-12-19(26-18)21-24-14-15-25-21/h7-12,21H,2-6,13-15H2,1H3. The van der Waals surface area contributed by atoms with Crippen molar-refractivity contribution in [3.8, 4) is 5.75 Å². The lowest BCUT2D eigenvalue weighted by Gasteiger charge is -2.07. The predicted molar refractivity (Wildman–Crippen MR) is 103 cm³/mol. The summed E-state index contributed by atoms with van der Waals surface area (Å²) in [5.74, 6) is 0.835. The molecular formula is C21H26O4S. The fourth-order valence-corrected chi connectivity index (χ4v) is 3.83. The van der Waals surface area contributed by atoms with Crippen molar-refractivity contribution in [3.05, 3.63) is 51.7 Å². The first-order valence-electron chi connectivity index (χ1n) is 9.38. The quantitative estimate of drug-likeness (QED) is 0.414. The van der Waals surface area contributed by atoms with Crippen molar-refractivity contribution < 1.29 is 19.0 Å². The van der Waals surface area contributed by atoms with Crippen LogP contribution in [0.1, 0.15) is 65.4 Å². The summed E-state index contributed by atoms with van der Waals surface area (Å²) in [6.45, 7) is 4.15. The molecule has 2 aromatic rings. The highest BCUT2D eigenvalue weighted by molar-refractivity contribution is 7.14. The van der Waals surface area contributed by atoms with Gasteiger partial charge in [-0.05, 0) is 42.8 Å². The van der Waals surface area contributed by atoms with Gasteiger partial charge < -0.3 is 14.2 Å². The van der Waals surface area contributed by atoms with Gasteiger partial charge in [-0.25, -0.2) is 0 Å². The molecule has 0 spiro atoms. The number of thiophene rings is 1. The van der Waals surface area contributed by atoms with Crippen LogP contribution in [0.3, 0.4) is 0 Å². The Labute approximate surface area is 159 Å². The minimum Gasteiger partial charge on any atom is -0.494 e. The zero-order chi connectivity index (χ0) is 18.2. The number of hydrogen-bond acceptors (Lipinski definition) is 5. The van der Waals surface area contributed by atoms with E-state index in [1.165, 1.54) is 37.0 Å². The highest BCUT2D eigenvalue weighted by atomic mass is 32.1. The van der Waals surface area contributed by atoms with E-state index in [0.717, 1.165) is 23.7 Å². The second kappa shape index (κ2) is 9.86. The molecule has 0 radical (unpaired) electrons. The molecule has 0 saturated carbocycles. The Kier molecular flexibility index (Phi) is 7.23. The summed E-state index contributed by atoms with van der Waals surface area (Å²) in [4.78, 5) is 14.3. The second-order valence-corrected chi connectivity index (χ2v) is 7.51. The average molecular weight is 375 g/mol. The van der Waals surface area contributed by atoms with Crippen LogP contribution in [-0.2, 0) is 9.47 Å². The lowest BCUT2D eigenvalue weighted by Crippen LogP contribution is -2.00. The highest BCUT2D eigenvalue weighted by Gasteiger charge is 2.22. The molecule has 0 unspecified atom stereocenters. The van der Waals surface area contributed by atoms with Crippen molar-refractivity contribution in [3.63, 3.8) is 0 Å². The third kappa shape index (κ3) is 5.16. The Balaban J connectivity index is 1.50. The summed E-state index contributed by atoms with van der Waals surface area (Å²) in [6.07, 6.45) is 5.77. The molecule has 1 saturated heterocycles. The zero-order valence-corrected chi connectivity index (χ0v) is 16.1. The van der Waals surface area contributed by atoms with Crippen LogP contribution >= 0.6 is 11.3 Å². The molecule has 0 bridgehead atoms. The smallest absolute Gasteiger partial charge is 0.202 e. The SMILES string of the molecule is CCCCCCCOc1ccc(C(=O)c2ccc(C3OCCO3)s2)cc1. The van der Waals surface area contributed by atoms with Gasteiger partial charge in [0, 0.05) is 5.56 Å². The monoisotopic (exact) mass is 374 g/mol. The largest absolute Gasteiger partial charge is 0.494 e. The van der Waals surface area contributed by atoms with E-state index in [1.54, 1.807) is 0 Å². The molecule has 1 fully saturated rings. The topological polar surface area (TPSA) is 44.8 Å². The van der Waals surface area contributed by atoms with E-state index in [1.807, 2.05) is 36.4 Å². The normalized spacial score (nSPS) is 14.7. The molecule has 2 heterocycles. The Morgan fingerprint density at radius 1 is 1.04 bits per heavy atom. The molecule has 0 atom stereocenters. The zero-order valence-electron chi connectivity index (χ0n) is 15.2. The van der Waals surface area contributed by atoms with Crippen molar-refractivity contribution in [1.82, 2.24) is 0 Å². The molecule has 1 aromatic carbocycles. The van der Waals surface area contributed by atoms with Gasteiger partial charge in [0.1, 0.15) is 5.75 Å². The molecule has 5 heteroatoms. The van der Waals surface area contributed by atoms with Crippen LogP contribution in [0.5, 0.6) is 5.75 Å². The van der Waals surface area contributed by atoms with Crippen LogP contribution in [-0.4, -0.2) is 25.6 Å². The van der Waals surface area contributed by atoms with Gasteiger partial charge in [0.15, 0.2) is 6.29 Å². The number of ether oxygens (including phenoxy) is 3. The molecule has 26 heavy (non-hydrogen) atoms. The molecular weight excluding hydrogens is 348 g/mol. The fraction of sp³-hybridized carbons (Fsp3) is 0.476. The molecule has 0 amide bonds. The van der Waals surface area contributed by atoms with Gasteiger partial charge in [0.05, 0.1) is 29.6 Å². The van der Waals surface area contributed by atoms with E-state index >= 15 is 0 Å². The van der Waals surface area contributed by atoms with Crippen molar-refractivity contribution >= 4 is 17.1 Å². The first-order chi connectivity index (χ1) is 12.8. The van der Waals surface area contributed by atoms with E-state index in [4.69, 9.17) is 14.2 Å². The molecule has 3 rings (SSSR count). The van der Waals surface area contributed by atoms with Gasteiger partial charge in [-0.1, -0.05) is 32.6 Å². The van der Waals surface area contributed by atoms with E-state index in [0.29, 0.717) is 23.7 Å². The summed E-state index contributed by atoms with van der Waals surface area (Å²) >= 11 is 1.43. The van der Waals surface area contributed by atoms with Crippen LogP contribution in [0, 0.1) is 0 Å². The average Bonchev–Trinajstić information content (AvgIpc) is 3.36. The number of ketones is 1. The third-order valence-corrected chi connectivity index (χ3v) is 5.44. The number of hydrogen-bond donors (Lipinski definition) is 0. The lowest BCUT2D eigenvalue weighted by atomic mass is 10.1. The van der Waals surface area contributed by atoms with Gasteiger partial charge in [-0.3, -0.25) is 4.79 Å². The van der Waals surface area contributed by atoms with E-state index in [9.17, 15) is 4.79 Å². The summed E-state index contributed by atoms with van der Waals surface area (Å²) in [6, 6.07) is 11.2. The minimum absolute atomic E-state index is 0.0189. The Bertz CT molecular complexity index is 686. The Morgan fingerprint density at radius 3 is 2.50 bits per heavy atom. The Hall–Kier alpha value is -1.69. The van der Waals surface area contributed by atoms with Crippen LogP contribution in [0.15, 0.2) is 36.4 Å². The predicted octanol–water partition coefficient (Wildman–Crippen LogP) is 5.37. The number of carbonyl (C=O) groups is 1. The molecule has 0 aliphatic carbocycles.